The lowest BCUT2D eigenvalue weighted by Gasteiger charge is -2.10. The molecule has 0 aliphatic carbocycles. The van der Waals surface area contributed by atoms with Gasteiger partial charge in [-0.2, -0.15) is 26.3 Å². The van der Waals surface area contributed by atoms with Crippen molar-refractivity contribution >= 4 is 25.9 Å². The van der Waals surface area contributed by atoms with Gasteiger partial charge in [0, 0.05) is 0 Å². The van der Waals surface area contributed by atoms with Crippen LogP contribution >= 0.6 is 6.98 Å². The third-order valence-electron chi connectivity index (χ3n) is 0.829. The summed E-state index contributed by atoms with van der Waals surface area (Å²) in [5.74, 6) is 0. The van der Waals surface area contributed by atoms with Gasteiger partial charge in [0.2, 0.25) is 0 Å². The summed E-state index contributed by atoms with van der Waals surface area (Å²) in [6.07, 6.45) is 0. The van der Waals surface area contributed by atoms with Gasteiger partial charge in [-0.3, -0.25) is 0 Å². The molecule has 15 heavy (non-hydrogen) atoms. The summed E-state index contributed by atoms with van der Waals surface area (Å²) in [7, 11) is -12.6. The van der Waals surface area contributed by atoms with Crippen molar-refractivity contribution in [2.24, 2.45) is 0 Å². The molecule has 0 atom stereocenters. The Labute approximate surface area is 80.8 Å². The highest BCUT2D eigenvalue weighted by atomic mass is 33.1. The fraction of sp³-hybridized carbons (Fsp3) is 1.00. The molecule has 0 aromatic rings. The monoisotopic (exact) mass is 298 g/mol. The molecule has 0 rings (SSSR count). The fourth-order valence-electron chi connectivity index (χ4n) is 0.239. The maximum absolute atomic E-state index is 11.5. The Bertz CT molecular complexity index is 385. The number of rotatable bonds is 2. The Kier molecular flexibility index (Phi) is 3.71. The SMILES string of the molecule is O=S(=O)(PS(=O)(=O)C(F)(F)F)C(F)(F)F. The third kappa shape index (κ3) is 3.45. The lowest BCUT2D eigenvalue weighted by molar-refractivity contribution is -0.0416. The molecule has 0 spiro atoms. The van der Waals surface area contributed by atoms with Crippen LogP contribution in [-0.4, -0.2) is 27.9 Å². The van der Waals surface area contributed by atoms with Crippen molar-refractivity contribution < 1.29 is 43.2 Å². The smallest absolute Gasteiger partial charge is 0.215 e. The van der Waals surface area contributed by atoms with Crippen molar-refractivity contribution in [1.82, 2.24) is 0 Å². The summed E-state index contributed by atoms with van der Waals surface area (Å²) in [5.41, 5.74) is -12.0. The highest BCUT2D eigenvalue weighted by Crippen LogP contribution is 2.46. The van der Waals surface area contributed by atoms with E-state index in [1.807, 2.05) is 0 Å². The Morgan fingerprint density at radius 3 is 1.00 bits per heavy atom. The zero-order valence-electron chi connectivity index (χ0n) is 6.22. The molecular weight excluding hydrogens is 297 g/mol. The van der Waals surface area contributed by atoms with Gasteiger partial charge in [0.25, 0.3) is 18.9 Å². The summed E-state index contributed by atoms with van der Waals surface area (Å²) in [6, 6.07) is 0. The van der Waals surface area contributed by atoms with Crippen molar-refractivity contribution in [3.63, 3.8) is 0 Å². The van der Waals surface area contributed by atoms with Gasteiger partial charge in [-0.15, -0.1) is 0 Å². The van der Waals surface area contributed by atoms with Crippen LogP contribution in [0.3, 0.4) is 0 Å². The molecule has 4 nitrogen and oxygen atoms in total. The van der Waals surface area contributed by atoms with Crippen LogP contribution < -0.4 is 0 Å². The van der Waals surface area contributed by atoms with Gasteiger partial charge in [0.1, 0.15) is 6.98 Å². The van der Waals surface area contributed by atoms with E-state index in [0.29, 0.717) is 0 Å². The number of halogens is 6. The minimum Gasteiger partial charge on any atom is -0.215 e. The minimum absolute atomic E-state index is 3.32. The van der Waals surface area contributed by atoms with Gasteiger partial charge in [0.05, 0.1) is 0 Å². The van der Waals surface area contributed by atoms with Crippen LogP contribution in [0.25, 0.3) is 0 Å². The maximum Gasteiger partial charge on any atom is 0.501 e. The molecule has 92 valence electrons. The highest BCUT2D eigenvalue weighted by molar-refractivity contribution is 8.76. The molecule has 0 bridgehead atoms. The lowest BCUT2D eigenvalue weighted by atomic mass is 11.6. The molecule has 0 aliphatic rings. The summed E-state index contributed by atoms with van der Waals surface area (Å²) < 4.78 is 110. The van der Waals surface area contributed by atoms with E-state index in [4.69, 9.17) is 0 Å². The predicted molar refractivity (Wildman–Crippen MR) is 38.3 cm³/mol. The van der Waals surface area contributed by atoms with E-state index in [9.17, 15) is 43.2 Å². The first kappa shape index (κ1) is 14.9. The zero-order chi connectivity index (χ0) is 12.7. The van der Waals surface area contributed by atoms with Crippen molar-refractivity contribution in [1.29, 1.82) is 0 Å². The topological polar surface area (TPSA) is 68.3 Å². The van der Waals surface area contributed by atoms with E-state index < -0.39 is 36.9 Å². The van der Waals surface area contributed by atoms with Gasteiger partial charge >= 0.3 is 11.0 Å². The lowest BCUT2D eigenvalue weighted by Crippen LogP contribution is -2.25. The van der Waals surface area contributed by atoms with Crippen LogP contribution in [0.15, 0.2) is 0 Å². The first-order valence-electron chi connectivity index (χ1n) is 2.62. The van der Waals surface area contributed by atoms with E-state index in [1.54, 1.807) is 0 Å². The second-order valence-corrected chi connectivity index (χ2v) is 10.3. The molecule has 0 saturated heterocycles. The fourth-order valence-corrected chi connectivity index (χ4v) is 6.45. The Morgan fingerprint density at radius 2 is 0.867 bits per heavy atom. The summed E-state index contributed by atoms with van der Waals surface area (Å²) in [4.78, 5) is 0. The molecular formula is C2HF6O4PS2. The molecule has 0 heterocycles. The zero-order valence-corrected chi connectivity index (χ0v) is 8.85. The van der Waals surface area contributed by atoms with Crippen LogP contribution in [-0.2, 0) is 18.9 Å². The Balaban J connectivity index is 5.28. The van der Waals surface area contributed by atoms with Gasteiger partial charge in [0.15, 0.2) is 0 Å². The van der Waals surface area contributed by atoms with E-state index in [2.05, 4.69) is 0 Å². The van der Waals surface area contributed by atoms with Crippen LogP contribution in [0.1, 0.15) is 0 Å². The molecule has 0 aliphatic heterocycles. The number of alkyl halides is 6. The molecule has 0 unspecified atom stereocenters. The summed E-state index contributed by atoms with van der Waals surface area (Å²) in [5, 5.41) is 0. The van der Waals surface area contributed by atoms with Crippen molar-refractivity contribution in [3.05, 3.63) is 0 Å². The maximum atomic E-state index is 11.5. The normalized spacial score (nSPS) is 15.3. The molecule has 0 fully saturated rings. The second-order valence-electron chi connectivity index (χ2n) is 1.98. The average molecular weight is 298 g/mol. The molecule has 0 N–H and O–H groups in total. The predicted octanol–water partition coefficient (Wildman–Crippen LogP) is 1.36. The second kappa shape index (κ2) is 3.74. The van der Waals surface area contributed by atoms with Gasteiger partial charge in [-0.25, -0.2) is 16.8 Å². The number of hydrogen-bond donors (Lipinski definition) is 0. The standard InChI is InChI=1S/C2HF6O4PS2/c3-1(4,5)14(9,10)13-15(11,12)2(6,7)8/h13H. The van der Waals surface area contributed by atoms with Crippen LogP contribution in [0.2, 0.25) is 0 Å². The third-order valence-corrected chi connectivity index (χ3v) is 9.14. The minimum atomic E-state index is -6.32. The number of hydrogen-bond acceptors (Lipinski definition) is 4. The summed E-state index contributed by atoms with van der Waals surface area (Å²) in [6.45, 7) is -3.32. The Hall–Kier alpha value is -0.0900. The van der Waals surface area contributed by atoms with Crippen LogP contribution in [0.4, 0.5) is 26.3 Å². The van der Waals surface area contributed by atoms with Gasteiger partial charge in [-0.05, 0) is 0 Å². The van der Waals surface area contributed by atoms with Crippen molar-refractivity contribution in [2.45, 2.75) is 11.0 Å². The van der Waals surface area contributed by atoms with Crippen LogP contribution in [0.5, 0.6) is 0 Å². The van der Waals surface area contributed by atoms with E-state index in [0.717, 1.165) is 0 Å². The summed E-state index contributed by atoms with van der Waals surface area (Å²) >= 11 is 0. The largest absolute Gasteiger partial charge is 0.501 e. The van der Waals surface area contributed by atoms with Crippen molar-refractivity contribution in [3.8, 4) is 0 Å². The molecule has 13 heteroatoms. The van der Waals surface area contributed by atoms with Gasteiger partial charge in [-0.1, -0.05) is 0 Å². The molecule has 0 saturated carbocycles. The van der Waals surface area contributed by atoms with Gasteiger partial charge < -0.3 is 0 Å². The molecule has 0 amide bonds. The van der Waals surface area contributed by atoms with E-state index in [-0.39, 0.29) is 0 Å². The average Bonchev–Trinajstić information content (AvgIpc) is 1.77. The highest BCUT2D eigenvalue weighted by Gasteiger charge is 2.55. The quantitative estimate of drug-likeness (QED) is 0.570. The first-order chi connectivity index (χ1) is 6.21. The van der Waals surface area contributed by atoms with E-state index >= 15 is 0 Å². The Morgan fingerprint density at radius 1 is 0.667 bits per heavy atom. The van der Waals surface area contributed by atoms with Crippen LogP contribution in [0, 0.1) is 0 Å². The molecule has 0 aromatic carbocycles. The molecule has 0 aromatic heterocycles. The molecule has 0 radical (unpaired) electrons. The first-order valence-corrected chi connectivity index (χ1v) is 8.03. The van der Waals surface area contributed by atoms with E-state index in [1.165, 1.54) is 0 Å². The van der Waals surface area contributed by atoms with Crippen molar-refractivity contribution in [2.75, 3.05) is 0 Å².